The number of amides is 2. The van der Waals surface area contributed by atoms with Gasteiger partial charge in [0.05, 0.1) is 12.5 Å². The highest BCUT2D eigenvalue weighted by atomic mass is 16.5. The standard InChI is InChI=1S/C24H24N4O4/c1-2-31-20-10-8-19(9-11-20)28-14-17(13-21(28)29)23(30)25-18-5-3-4-16(12-18)24-26-22(27-32-24)15-6-7-15/h3-5,8-12,15,17H,2,6-7,13-14H2,1H3,(H,25,30)/t17-/m0/s1. The van der Waals surface area contributed by atoms with Gasteiger partial charge in [0.1, 0.15) is 5.75 Å². The van der Waals surface area contributed by atoms with Gasteiger partial charge in [0.2, 0.25) is 11.8 Å². The fraction of sp³-hybridized carbons (Fsp3) is 0.333. The van der Waals surface area contributed by atoms with E-state index < -0.39 is 5.92 Å². The van der Waals surface area contributed by atoms with Crippen molar-refractivity contribution in [2.75, 3.05) is 23.4 Å². The van der Waals surface area contributed by atoms with Crippen molar-refractivity contribution in [3.63, 3.8) is 0 Å². The summed E-state index contributed by atoms with van der Waals surface area (Å²) in [6, 6.07) is 14.7. The average Bonchev–Trinajstić information content (AvgIpc) is 3.39. The van der Waals surface area contributed by atoms with Crippen molar-refractivity contribution >= 4 is 23.2 Å². The SMILES string of the molecule is CCOc1ccc(N2C[C@@H](C(=O)Nc3cccc(-c4nc(C5CC5)no4)c3)CC2=O)cc1. The predicted molar refractivity (Wildman–Crippen MR) is 118 cm³/mol. The molecule has 8 heteroatoms. The lowest BCUT2D eigenvalue weighted by molar-refractivity contribution is -0.122. The highest BCUT2D eigenvalue weighted by molar-refractivity contribution is 6.03. The number of nitrogens with zero attached hydrogens (tertiary/aromatic N) is 3. The first-order valence-electron chi connectivity index (χ1n) is 10.9. The summed E-state index contributed by atoms with van der Waals surface area (Å²) >= 11 is 0. The van der Waals surface area contributed by atoms with Crippen LogP contribution in [0.4, 0.5) is 11.4 Å². The van der Waals surface area contributed by atoms with Gasteiger partial charge in [-0.1, -0.05) is 11.2 Å². The normalized spacial score (nSPS) is 18.1. The number of anilines is 2. The van der Waals surface area contributed by atoms with E-state index in [1.165, 1.54) is 0 Å². The van der Waals surface area contributed by atoms with E-state index >= 15 is 0 Å². The Morgan fingerprint density at radius 3 is 2.78 bits per heavy atom. The summed E-state index contributed by atoms with van der Waals surface area (Å²) in [7, 11) is 0. The molecule has 2 aromatic carbocycles. The van der Waals surface area contributed by atoms with Crippen LogP contribution in [0.2, 0.25) is 0 Å². The summed E-state index contributed by atoms with van der Waals surface area (Å²) in [5.41, 5.74) is 2.14. The molecule has 0 radical (unpaired) electrons. The van der Waals surface area contributed by atoms with E-state index in [0.717, 1.165) is 35.7 Å². The van der Waals surface area contributed by atoms with Crippen molar-refractivity contribution in [1.82, 2.24) is 10.1 Å². The van der Waals surface area contributed by atoms with E-state index in [2.05, 4.69) is 15.5 Å². The maximum atomic E-state index is 12.9. The zero-order chi connectivity index (χ0) is 22.1. The first-order chi connectivity index (χ1) is 15.6. The molecule has 0 unspecified atom stereocenters. The fourth-order valence-corrected chi connectivity index (χ4v) is 3.86. The molecule has 3 aromatic rings. The van der Waals surface area contributed by atoms with Crippen LogP contribution in [0.1, 0.15) is 37.9 Å². The van der Waals surface area contributed by atoms with Gasteiger partial charge in [-0.2, -0.15) is 4.98 Å². The monoisotopic (exact) mass is 432 g/mol. The van der Waals surface area contributed by atoms with Gasteiger partial charge in [-0.15, -0.1) is 0 Å². The van der Waals surface area contributed by atoms with Gasteiger partial charge in [0, 0.05) is 35.8 Å². The van der Waals surface area contributed by atoms with Crippen LogP contribution in [0.25, 0.3) is 11.5 Å². The fourth-order valence-electron chi connectivity index (χ4n) is 3.86. The van der Waals surface area contributed by atoms with E-state index in [1.54, 1.807) is 11.0 Å². The van der Waals surface area contributed by atoms with E-state index in [1.807, 2.05) is 49.4 Å². The van der Waals surface area contributed by atoms with Crippen LogP contribution in [-0.2, 0) is 9.59 Å². The molecule has 1 aromatic heterocycles. The predicted octanol–water partition coefficient (Wildman–Crippen LogP) is 4.00. The summed E-state index contributed by atoms with van der Waals surface area (Å²) in [4.78, 5) is 31.5. The number of hydrogen-bond acceptors (Lipinski definition) is 6. The van der Waals surface area contributed by atoms with E-state index in [0.29, 0.717) is 30.6 Å². The van der Waals surface area contributed by atoms with Gasteiger partial charge in [-0.05, 0) is 62.2 Å². The maximum absolute atomic E-state index is 12.9. The summed E-state index contributed by atoms with van der Waals surface area (Å²) in [5, 5.41) is 6.97. The second kappa shape index (κ2) is 8.45. The van der Waals surface area contributed by atoms with Crippen molar-refractivity contribution in [2.24, 2.45) is 5.92 Å². The Morgan fingerprint density at radius 2 is 2.03 bits per heavy atom. The molecule has 2 heterocycles. The number of benzene rings is 2. The molecule has 1 saturated carbocycles. The molecule has 1 N–H and O–H groups in total. The molecule has 1 saturated heterocycles. The molecule has 1 aliphatic carbocycles. The Labute approximate surface area is 185 Å². The summed E-state index contributed by atoms with van der Waals surface area (Å²) < 4.78 is 10.8. The smallest absolute Gasteiger partial charge is 0.258 e. The molecular weight excluding hydrogens is 408 g/mol. The van der Waals surface area contributed by atoms with Crippen LogP contribution in [0.3, 0.4) is 0 Å². The summed E-state index contributed by atoms with van der Waals surface area (Å²) in [6.45, 7) is 2.84. The maximum Gasteiger partial charge on any atom is 0.258 e. The largest absolute Gasteiger partial charge is 0.494 e. The molecular formula is C24H24N4O4. The summed E-state index contributed by atoms with van der Waals surface area (Å²) in [5.74, 6) is 1.67. The number of nitrogens with one attached hydrogen (secondary N) is 1. The van der Waals surface area contributed by atoms with Gasteiger partial charge >= 0.3 is 0 Å². The minimum atomic E-state index is -0.428. The third kappa shape index (κ3) is 4.21. The topological polar surface area (TPSA) is 97.6 Å². The Morgan fingerprint density at radius 1 is 1.22 bits per heavy atom. The zero-order valence-electron chi connectivity index (χ0n) is 17.8. The minimum Gasteiger partial charge on any atom is -0.494 e. The third-order valence-corrected chi connectivity index (χ3v) is 5.72. The molecule has 0 bridgehead atoms. The average molecular weight is 432 g/mol. The van der Waals surface area contributed by atoms with Crippen LogP contribution >= 0.6 is 0 Å². The van der Waals surface area contributed by atoms with Gasteiger partial charge in [0.25, 0.3) is 5.89 Å². The van der Waals surface area contributed by atoms with Crippen molar-refractivity contribution in [3.8, 4) is 17.2 Å². The molecule has 1 atom stereocenters. The van der Waals surface area contributed by atoms with E-state index in [9.17, 15) is 9.59 Å². The second-order valence-corrected chi connectivity index (χ2v) is 8.13. The first kappa shape index (κ1) is 20.2. The lowest BCUT2D eigenvalue weighted by Gasteiger charge is -2.17. The van der Waals surface area contributed by atoms with E-state index in [4.69, 9.17) is 9.26 Å². The Hall–Kier alpha value is -3.68. The molecule has 8 nitrogen and oxygen atoms in total. The number of hydrogen-bond donors (Lipinski definition) is 1. The molecule has 2 amide bonds. The Bertz CT molecular complexity index is 1140. The number of aromatic nitrogens is 2. The lowest BCUT2D eigenvalue weighted by Crippen LogP contribution is -2.28. The van der Waals surface area contributed by atoms with Crippen LogP contribution in [-0.4, -0.2) is 35.1 Å². The number of carbonyl (C=O) groups is 2. The van der Waals surface area contributed by atoms with Crippen LogP contribution in [0.5, 0.6) is 5.75 Å². The molecule has 0 spiro atoms. The third-order valence-electron chi connectivity index (χ3n) is 5.72. The Kier molecular flexibility index (Phi) is 5.34. The van der Waals surface area contributed by atoms with Crippen molar-refractivity contribution in [3.05, 3.63) is 54.4 Å². The van der Waals surface area contributed by atoms with Gasteiger partial charge in [-0.25, -0.2) is 0 Å². The highest BCUT2D eigenvalue weighted by Gasteiger charge is 2.35. The second-order valence-electron chi connectivity index (χ2n) is 8.13. The highest BCUT2D eigenvalue weighted by Crippen LogP contribution is 2.39. The quantitative estimate of drug-likeness (QED) is 0.606. The molecule has 164 valence electrons. The lowest BCUT2D eigenvalue weighted by atomic mass is 10.1. The minimum absolute atomic E-state index is 0.0680. The van der Waals surface area contributed by atoms with Gasteiger partial charge < -0.3 is 19.5 Å². The number of carbonyl (C=O) groups excluding carboxylic acids is 2. The first-order valence-corrected chi connectivity index (χ1v) is 10.9. The van der Waals surface area contributed by atoms with E-state index in [-0.39, 0.29) is 18.2 Å². The van der Waals surface area contributed by atoms with Crippen molar-refractivity contribution < 1.29 is 18.8 Å². The summed E-state index contributed by atoms with van der Waals surface area (Å²) in [6.07, 6.45) is 2.37. The molecule has 2 aliphatic rings. The van der Waals surface area contributed by atoms with Crippen LogP contribution in [0, 0.1) is 5.92 Å². The zero-order valence-corrected chi connectivity index (χ0v) is 17.8. The molecule has 32 heavy (non-hydrogen) atoms. The molecule has 5 rings (SSSR count). The van der Waals surface area contributed by atoms with Gasteiger partial charge in [0.15, 0.2) is 5.82 Å². The molecule has 2 fully saturated rings. The van der Waals surface area contributed by atoms with Crippen LogP contribution < -0.4 is 15.0 Å². The Balaban J connectivity index is 1.24. The van der Waals surface area contributed by atoms with Crippen molar-refractivity contribution in [2.45, 2.75) is 32.1 Å². The number of ether oxygens (including phenoxy) is 1. The van der Waals surface area contributed by atoms with Gasteiger partial charge in [-0.3, -0.25) is 9.59 Å². The molecule has 1 aliphatic heterocycles. The number of rotatable bonds is 7. The van der Waals surface area contributed by atoms with Crippen molar-refractivity contribution in [1.29, 1.82) is 0 Å². The van der Waals surface area contributed by atoms with Crippen LogP contribution in [0.15, 0.2) is 53.1 Å².